The van der Waals surface area contributed by atoms with Gasteiger partial charge < -0.3 is 9.73 Å². The summed E-state index contributed by atoms with van der Waals surface area (Å²) < 4.78 is 5.48. The summed E-state index contributed by atoms with van der Waals surface area (Å²) in [6, 6.07) is 0. The van der Waals surface area contributed by atoms with Gasteiger partial charge in [0.05, 0.1) is 5.69 Å². The van der Waals surface area contributed by atoms with Gasteiger partial charge in [-0.05, 0) is 38.3 Å². The molecule has 15 heavy (non-hydrogen) atoms. The van der Waals surface area contributed by atoms with Crippen LogP contribution in [0.5, 0.6) is 0 Å². The van der Waals surface area contributed by atoms with Crippen LogP contribution in [0.25, 0.3) is 0 Å². The first-order valence-corrected chi connectivity index (χ1v) is 6.02. The first-order chi connectivity index (χ1) is 7.38. The van der Waals surface area contributed by atoms with E-state index in [0.717, 1.165) is 37.4 Å². The topological polar surface area (TPSA) is 38.1 Å². The highest BCUT2D eigenvalue weighted by Crippen LogP contribution is 2.16. The molecular formula is C12H20N2O. The van der Waals surface area contributed by atoms with Crippen LogP contribution < -0.4 is 5.32 Å². The van der Waals surface area contributed by atoms with Crippen LogP contribution >= 0.6 is 0 Å². The third-order valence-corrected chi connectivity index (χ3v) is 2.97. The van der Waals surface area contributed by atoms with E-state index in [1.165, 1.54) is 19.4 Å². The van der Waals surface area contributed by atoms with Gasteiger partial charge in [-0.25, -0.2) is 4.98 Å². The lowest BCUT2D eigenvalue weighted by Gasteiger charge is -2.21. The molecule has 3 nitrogen and oxygen atoms in total. The number of aryl methyl sites for hydroxylation is 1. The zero-order valence-corrected chi connectivity index (χ0v) is 9.46. The van der Waals surface area contributed by atoms with Gasteiger partial charge in [0.15, 0.2) is 5.89 Å². The molecule has 1 saturated heterocycles. The monoisotopic (exact) mass is 208 g/mol. The van der Waals surface area contributed by atoms with Gasteiger partial charge in [-0.3, -0.25) is 0 Å². The van der Waals surface area contributed by atoms with E-state index in [1.54, 1.807) is 0 Å². The Labute approximate surface area is 91.3 Å². The standard InChI is InChI=1S/C12H20N2O/c1-2-4-11-9-15-12(14-11)7-10-5-3-6-13-8-10/h9-10,13H,2-8H2,1H3. The lowest BCUT2D eigenvalue weighted by molar-refractivity contribution is 0.345. The normalized spacial score (nSPS) is 21.8. The van der Waals surface area contributed by atoms with E-state index in [4.69, 9.17) is 4.42 Å². The maximum Gasteiger partial charge on any atom is 0.194 e. The minimum Gasteiger partial charge on any atom is -0.449 e. The fraction of sp³-hybridized carbons (Fsp3) is 0.750. The van der Waals surface area contributed by atoms with E-state index in [1.807, 2.05) is 6.26 Å². The van der Waals surface area contributed by atoms with Crippen molar-refractivity contribution in [2.45, 2.75) is 39.0 Å². The van der Waals surface area contributed by atoms with Gasteiger partial charge in [0.25, 0.3) is 0 Å². The highest BCUT2D eigenvalue weighted by atomic mass is 16.3. The molecule has 2 heterocycles. The summed E-state index contributed by atoms with van der Waals surface area (Å²) in [4.78, 5) is 4.50. The molecule has 2 rings (SSSR count). The molecule has 1 aromatic heterocycles. The second-order valence-electron chi connectivity index (χ2n) is 4.40. The molecule has 84 valence electrons. The largest absolute Gasteiger partial charge is 0.449 e. The smallest absolute Gasteiger partial charge is 0.194 e. The van der Waals surface area contributed by atoms with Crippen molar-refractivity contribution in [3.63, 3.8) is 0 Å². The fourth-order valence-corrected chi connectivity index (χ4v) is 2.16. The molecule has 1 N–H and O–H groups in total. The first kappa shape index (κ1) is 10.7. The molecule has 1 atom stereocenters. The van der Waals surface area contributed by atoms with Crippen molar-refractivity contribution in [1.29, 1.82) is 0 Å². The number of hydrogen-bond acceptors (Lipinski definition) is 3. The Balaban J connectivity index is 1.86. The first-order valence-electron chi connectivity index (χ1n) is 6.02. The minimum absolute atomic E-state index is 0.715. The molecular weight excluding hydrogens is 188 g/mol. The second kappa shape index (κ2) is 5.31. The van der Waals surface area contributed by atoms with E-state index in [9.17, 15) is 0 Å². The Kier molecular flexibility index (Phi) is 3.78. The number of aromatic nitrogens is 1. The minimum atomic E-state index is 0.715. The van der Waals surface area contributed by atoms with Gasteiger partial charge in [0.2, 0.25) is 0 Å². The third-order valence-electron chi connectivity index (χ3n) is 2.97. The number of nitrogens with zero attached hydrogens (tertiary/aromatic N) is 1. The highest BCUT2D eigenvalue weighted by molar-refractivity contribution is 4.97. The molecule has 0 saturated carbocycles. The van der Waals surface area contributed by atoms with Crippen LogP contribution in [0.4, 0.5) is 0 Å². The van der Waals surface area contributed by atoms with Gasteiger partial charge in [0, 0.05) is 6.42 Å². The maximum absolute atomic E-state index is 5.48. The van der Waals surface area contributed by atoms with Crippen molar-refractivity contribution in [3.05, 3.63) is 17.8 Å². The lowest BCUT2D eigenvalue weighted by Crippen LogP contribution is -2.30. The van der Waals surface area contributed by atoms with Crippen LogP contribution in [-0.4, -0.2) is 18.1 Å². The van der Waals surface area contributed by atoms with Crippen molar-refractivity contribution in [2.75, 3.05) is 13.1 Å². The molecule has 3 heteroatoms. The summed E-state index contributed by atoms with van der Waals surface area (Å²) in [5.74, 6) is 1.64. The molecule has 0 aliphatic carbocycles. The van der Waals surface area contributed by atoms with Crippen molar-refractivity contribution >= 4 is 0 Å². The van der Waals surface area contributed by atoms with E-state index in [0.29, 0.717) is 5.92 Å². The number of hydrogen-bond donors (Lipinski definition) is 1. The molecule has 0 amide bonds. The summed E-state index contributed by atoms with van der Waals surface area (Å²) in [6.07, 6.45) is 7.57. The summed E-state index contributed by atoms with van der Waals surface area (Å²) in [7, 11) is 0. The molecule has 1 unspecified atom stereocenters. The van der Waals surface area contributed by atoms with Crippen LogP contribution in [0.15, 0.2) is 10.7 Å². The van der Waals surface area contributed by atoms with Gasteiger partial charge in [-0.2, -0.15) is 0 Å². The third kappa shape index (κ3) is 3.06. The number of piperidine rings is 1. The molecule has 0 radical (unpaired) electrons. The summed E-state index contributed by atoms with van der Waals surface area (Å²) in [6.45, 7) is 4.45. The Morgan fingerprint density at radius 3 is 3.27 bits per heavy atom. The number of rotatable bonds is 4. The molecule has 1 aliphatic rings. The summed E-state index contributed by atoms with van der Waals surface area (Å²) >= 11 is 0. The van der Waals surface area contributed by atoms with Crippen LogP contribution in [-0.2, 0) is 12.8 Å². The Hall–Kier alpha value is -0.830. The zero-order chi connectivity index (χ0) is 10.5. The second-order valence-corrected chi connectivity index (χ2v) is 4.40. The van der Waals surface area contributed by atoms with Crippen molar-refractivity contribution in [1.82, 2.24) is 10.3 Å². The average molecular weight is 208 g/mol. The van der Waals surface area contributed by atoms with Gasteiger partial charge in [-0.1, -0.05) is 13.3 Å². The van der Waals surface area contributed by atoms with E-state index < -0.39 is 0 Å². The molecule has 0 spiro atoms. The Morgan fingerprint density at radius 2 is 2.53 bits per heavy atom. The molecule has 0 bridgehead atoms. The molecule has 0 aromatic carbocycles. The SMILES string of the molecule is CCCc1coc(CC2CCCNC2)n1. The molecule has 1 aliphatic heterocycles. The summed E-state index contributed by atoms with van der Waals surface area (Å²) in [5.41, 5.74) is 1.11. The molecule has 1 aromatic rings. The fourth-order valence-electron chi connectivity index (χ4n) is 2.16. The van der Waals surface area contributed by atoms with Crippen LogP contribution in [0.3, 0.4) is 0 Å². The van der Waals surface area contributed by atoms with Gasteiger partial charge >= 0.3 is 0 Å². The van der Waals surface area contributed by atoms with Gasteiger partial charge in [0.1, 0.15) is 6.26 Å². The quantitative estimate of drug-likeness (QED) is 0.824. The van der Waals surface area contributed by atoms with Crippen LogP contribution in [0, 0.1) is 5.92 Å². The number of nitrogens with one attached hydrogen (secondary N) is 1. The predicted molar refractivity (Wildman–Crippen MR) is 59.8 cm³/mol. The van der Waals surface area contributed by atoms with E-state index in [-0.39, 0.29) is 0 Å². The average Bonchev–Trinajstić information content (AvgIpc) is 2.68. The van der Waals surface area contributed by atoms with Crippen molar-refractivity contribution in [2.24, 2.45) is 5.92 Å². The number of oxazole rings is 1. The van der Waals surface area contributed by atoms with Gasteiger partial charge in [-0.15, -0.1) is 0 Å². The Morgan fingerprint density at radius 1 is 1.60 bits per heavy atom. The zero-order valence-electron chi connectivity index (χ0n) is 9.46. The van der Waals surface area contributed by atoms with Crippen LogP contribution in [0.2, 0.25) is 0 Å². The van der Waals surface area contributed by atoms with Crippen LogP contribution in [0.1, 0.15) is 37.8 Å². The van der Waals surface area contributed by atoms with E-state index >= 15 is 0 Å². The maximum atomic E-state index is 5.48. The predicted octanol–water partition coefficient (Wildman–Crippen LogP) is 2.17. The Bertz CT molecular complexity index is 290. The molecule has 1 fully saturated rings. The lowest BCUT2D eigenvalue weighted by atomic mass is 9.96. The van der Waals surface area contributed by atoms with E-state index in [2.05, 4.69) is 17.2 Å². The van der Waals surface area contributed by atoms with Crippen molar-refractivity contribution in [3.8, 4) is 0 Å². The highest BCUT2D eigenvalue weighted by Gasteiger charge is 2.16. The summed E-state index contributed by atoms with van der Waals surface area (Å²) in [5, 5.41) is 3.42. The van der Waals surface area contributed by atoms with Crippen molar-refractivity contribution < 1.29 is 4.42 Å².